The van der Waals surface area contributed by atoms with E-state index in [2.05, 4.69) is 14.7 Å². The lowest BCUT2D eigenvalue weighted by Crippen LogP contribution is -2.39. The van der Waals surface area contributed by atoms with Crippen molar-refractivity contribution in [2.24, 2.45) is 0 Å². The van der Waals surface area contributed by atoms with Crippen LogP contribution in [0.3, 0.4) is 0 Å². The largest absolute Gasteiger partial charge is 0.231 e. The smallest absolute Gasteiger partial charge is 0.212 e. The molecular formula is C18H23N3O2S2. The second-order valence-corrected chi connectivity index (χ2v) is 9.44. The van der Waals surface area contributed by atoms with E-state index >= 15 is 0 Å². The molecule has 1 aromatic carbocycles. The summed E-state index contributed by atoms with van der Waals surface area (Å²) in [6.45, 7) is 0. The van der Waals surface area contributed by atoms with E-state index in [0.29, 0.717) is 11.7 Å². The fourth-order valence-corrected chi connectivity index (χ4v) is 5.42. The van der Waals surface area contributed by atoms with Crippen LogP contribution in [0.2, 0.25) is 0 Å². The minimum atomic E-state index is -3.24. The van der Waals surface area contributed by atoms with Gasteiger partial charge in [-0.25, -0.2) is 23.1 Å². The highest BCUT2D eigenvalue weighted by Gasteiger charge is 2.25. The summed E-state index contributed by atoms with van der Waals surface area (Å²) >= 11 is 1.69. The van der Waals surface area contributed by atoms with Gasteiger partial charge in [-0.3, -0.25) is 0 Å². The van der Waals surface area contributed by atoms with Crippen LogP contribution in [-0.2, 0) is 16.4 Å². The zero-order chi connectivity index (χ0) is 17.5. The van der Waals surface area contributed by atoms with E-state index in [4.69, 9.17) is 0 Å². The van der Waals surface area contributed by atoms with Crippen molar-refractivity contribution in [2.75, 3.05) is 5.75 Å². The summed E-state index contributed by atoms with van der Waals surface area (Å²) in [6, 6.07) is 11.6. The van der Waals surface area contributed by atoms with Crippen LogP contribution in [0.15, 0.2) is 53.9 Å². The van der Waals surface area contributed by atoms with Crippen LogP contribution in [0.5, 0.6) is 0 Å². The first-order valence-corrected chi connectivity index (χ1v) is 11.1. The number of nitrogens with zero attached hydrogens (tertiary/aromatic N) is 2. The summed E-state index contributed by atoms with van der Waals surface area (Å²) in [7, 11) is -3.24. The fourth-order valence-electron chi connectivity index (χ4n) is 3.00. The second kappa shape index (κ2) is 8.78. The molecule has 3 rings (SSSR count). The molecule has 0 saturated heterocycles. The lowest BCUT2D eigenvalue weighted by molar-refractivity contribution is 0.419. The molecule has 1 fully saturated rings. The third-order valence-electron chi connectivity index (χ3n) is 4.34. The summed E-state index contributed by atoms with van der Waals surface area (Å²) in [5.74, 6) is 0.142. The minimum absolute atomic E-state index is 0.0503. The van der Waals surface area contributed by atoms with Gasteiger partial charge in [0.25, 0.3) is 0 Å². The van der Waals surface area contributed by atoms with Crippen molar-refractivity contribution in [3.63, 3.8) is 0 Å². The van der Waals surface area contributed by atoms with E-state index in [-0.39, 0.29) is 11.8 Å². The third kappa shape index (κ3) is 6.09. The van der Waals surface area contributed by atoms with Gasteiger partial charge in [0, 0.05) is 23.7 Å². The number of aryl methyl sites for hydroxylation is 1. The predicted octanol–water partition coefficient (Wildman–Crippen LogP) is 3.04. The fraction of sp³-hybridized carbons (Fsp3) is 0.444. The van der Waals surface area contributed by atoms with Gasteiger partial charge in [-0.2, -0.15) is 0 Å². The number of rotatable bonds is 7. The molecule has 1 aliphatic rings. The average molecular weight is 378 g/mol. The van der Waals surface area contributed by atoms with Gasteiger partial charge < -0.3 is 0 Å². The first-order chi connectivity index (χ1) is 12.1. The van der Waals surface area contributed by atoms with Crippen LogP contribution >= 0.6 is 11.8 Å². The lowest BCUT2D eigenvalue weighted by atomic mass is 9.96. The molecule has 0 atom stereocenters. The normalized spacial score (nSPS) is 21.1. The summed E-state index contributed by atoms with van der Waals surface area (Å²) in [5.41, 5.74) is 1.05. The van der Waals surface area contributed by atoms with Gasteiger partial charge in [-0.15, -0.1) is 0 Å². The van der Waals surface area contributed by atoms with Crippen molar-refractivity contribution >= 4 is 21.8 Å². The molecule has 1 N–H and O–H groups in total. The average Bonchev–Trinajstić information content (AvgIpc) is 2.63. The molecule has 2 aromatic rings. The summed E-state index contributed by atoms with van der Waals surface area (Å²) in [6.07, 6.45) is 7.75. The van der Waals surface area contributed by atoms with Crippen molar-refractivity contribution < 1.29 is 8.42 Å². The molecule has 7 heteroatoms. The predicted molar refractivity (Wildman–Crippen MR) is 101 cm³/mol. The zero-order valence-electron chi connectivity index (χ0n) is 14.0. The first-order valence-electron chi connectivity index (χ1n) is 8.58. The topological polar surface area (TPSA) is 72.0 Å². The maximum absolute atomic E-state index is 12.3. The highest BCUT2D eigenvalue weighted by molar-refractivity contribution is 7.99. The van der Waals surface area contributed by atoms with Crippen molar-refractivity contribution in [1.29, 1.82) is 0 Å². The molecule has 1 aliphatic carbocycles. The molecule has 0 spiro atoms. The molecule has 0 unspecified atom stereocenters. The van der Waals surface area contributed by atoms with Gasteiger partial charge in [0.05, 0.1) is 5.75 Å². The summed E-state index contributed by atoms with van der Waals surface area (Å²) in [4.78, 5) is 8.49. The van der Waals surface area contributed by atoms with Crippen LogP contribution in [0, 0.1) is 0 Å². The molecule has 0 amide bonds. The van der Waals surface area contributed by atoms with Gasteiger partial charge in [0.1, 0.15) is 0 Å². The number of nitrogens with one attached hydrogen (secondary N) is 1. The third-order valence-corrected chi connectivity index (χ3v) is 7.00. The number of aromatic nitrogens is 2. The van der Waals surface area contributed by atoms with Crippen molar-refractivity contribution in [3.8, 4) is 0 Å². The number of benzene rings is 1. The quantitative estimate of drug-likeness (QED) is 0.751. The van der Waals surface area contributed by atoms with Crippen LogP contribution in [-0.4, -0.2) is 35.4 Å². The van der Waals surface area contributed by atoms with E-state index in [1.54, 1.807) is 24.2 Å². The highest BCUT2D eigenvalue weighted by atomic mass is 32.2. The molecule has 134 valence electrons. The number of hydrogen-bond acceptors (Lipinski definition) is 5. The molecule has 25 heavy (non-hydrogen) atoms. The summed E-state index contributed by atoms with van der Waals surface area (Å²) < 4.78 is 27.5. The monoisotopic (exact) mass is 377 g/mol. The van der Waals surface area contributed by atoms with Gasteiger partial charge in [0.2, 0.25) is 10.0 Å². The molecule has 0 radical (unpaired) electrons. The Morgan fingerprint density at radius 2 is 1.68 bits per heavy atom. The minimum Gasteiger partial charge on any atom is -0.231 e. The van der Waals surface area contributed by atoms with E-state index < -0.39 is 10.0 Å². The second-order valence-electron chi connectivity index (χ2n) is 6.30. The number of sulfonamides is 1. The van der Waals surface area contributed by atoms with Crippen LogP contribution < -0.4 is 4.72 Å². The lowest BCUT2D eigenvalue weighted by Gasteiger charge is -2.28. The molecule has 1 heterocycles. The first kappa shape index (κ1) is 18.4. The van der Waals surface area contributed by atoms with Gasteiger partial charge in [-0.05, 0) is 43.7 Å². The van der Waals surface area contributed by atoms with E-state index in [1.807, 2.05) is 36.4 Å². The Morgan fingerprint density at radius 3 is 2.36 bits per heavy atom. The Hall–Kier alpha value is -1.44. The Kier molecular flexibility index (Phi) is 6.45. The number of hydrogen-bond donors (Lipinski definition) is 1. The standard InChI is InChI=1S/C18H23N3O2S2/c22-25(23,14-11-15-5-2-1-3-6-15)21-16-7-9-17(10-8-16)24-18-19-12-4-13-20-18/h1-6,12-13,16-17,21H,7-11,14H2. The molecule has 5 nitrogen and oxygen atoms in total. The molecular weight excluding hydrogens is 354 g/mol. The molecule has 1 saturated carbocycles. The van der Waals surface area contributed by atoms with Crippen molar-refractivity contribution in [1.82, 2.24) is 14.7 Å². The Morgan fingerprint density at radius 1 is 1.00 bits per heavy atom. The zero-order valence-corrected chi connectivity index (χ0v) is 15.7. The maximum Gasteiger partial charge on any atom is 0.212 e. The van der Waals surface area contributed by atoms with E-state index in [1.165, 1.54) is 0 Å². The van der Waals surface area contributed by atoms with Crippen LogP contribution in [0.4, 0.5) is 0 Å². The van der Waals surface area contributed by atoms with E-state index in [0.717, 1.165) is 36.4 Å². The maximum atomic E-state index is 12.3. The summed E-state index contributed by atoms with van der Waals surface area (Å²) in [5, 5.41) is 1.27. The van der Waals surface area contributed by atoms with Crippen LogP contribution in [0.1, 0.15) is 31.2 Å². The Bertz CT molecular complexity index is 746. The highest BCUT2D eigenvalue weighted by Crippen LogP contribution is 2.32. The Labute approximate surface area is 153 Å². The van der Waals surface area contributed by atoms with Crippen LogP contribution in [0.25, 0.3) is 0 Å². The number of thioether (sulfide) groups is 1. The Balaban J connectivity index is 1.43. The van der Waals surface area contributed by atoms with E-state index in [9.17, 15) is 8.42 Å². The van der Waals surface area contributed by atoms with Crippen molar-refractivity contribution in [3.05, 3.63) is 54.4 Å². The van der Waals surface area contributed by atoms with Crippen molar-refractivity contribution in [2.45, 2.75) is 48.6 Å². The molecule has 0 bridgehead atoms. The molecule has 1 aromatic heterocycles. The van der Waals surface area contributed by atoms with Gasteiger partial charge in [0.15, 0.2) is 5.16 Å². The van der Waals surface area contributed by atoms with Gasteiger partial charge in [-0.1, -0.05) is 42.1 Å². The molecule has 0 aliphatic heterocycles. The van der Waals surface area contributed by atoms with Gasteiger partial charge >= 0.3 is 0 Å². The SMILES string of the molecule is O=S(=O)(CCc1ccccc1)NC1CCC(Sc2ncccn2)CC1.